The average molecular weight is 878 g/mol. The lowest BCUT2D eigenvalue weighted by atomic mass is 10.0. The summed E-state index contributed by atoms with van der Waals surface area (Å²) in [6.07, 6.45) is 42.3. The normalized spacial score (nSPS) is 11.7. The quantitative estimate of drug-likeness (QED) is 0.0215. The highest BCUT2D eigenvalue weighted by atomic mass is 16.6. The summed E-state index contributed by atoms with van der Waals surface area (Å²) in [5.74, 6) is 0.453. The Hall–Kier alpha value is -2.69. The molecule has 1 unspecified atom stereocenters. The molecule has 0 spiro atoms. The molecule has 0 fully saturated rings. The zero-order chi connectivity index (χ0) is 45.6. The second kappa shape index (κ2) is 46.3. The number of rotatable bonds is 46. The van der Waals surface area contributed by atoms with E-state index in [9.17, 15) is 19.7 Å². The summed E-state index contributed by atoms with van der Waals surface area (Å²) in [4.78, 5) is 35.9. The number of esters is 1. The first-order valence-electron chi connectivity index (χ1n) is 26.3. The van der Waals surface area contributed by atoms with Crippen LogP contribution >= 0.6 is 0 Å². The number of ether oxygens (including phenoxy) is 2. The maximum absolute atomic E-state index is 12.7. The summed E-state index contributed by atoms with van der Waals surface area (Å²) < 4.78 is 11.0. The van der Waals surface area contributed by atoms with Crippen molar-refractivity contribution in [2.45, 2.75) is 272 Å². The van der Waals surface area contributed by atoms with Gasteiger partial charge in [-0.05, 0) is 95.2 Å². The second-order valence-corrected chi connectivity index (χ2v) is 17.8. The number of H-pyrrole nitrogens is 1. The van der Waals surface area contributed by atoms with E-state index in [0.29, 0.717) is 18.7 Å². The maximum Gasteiger partial charge on any atom is 0.344 e. The summed E-state index contributed by atoms with van der Waals surface area (Å²) in [6, 6.07) is 1.44. The van der Waals surface area contributed by atoms with E-state index in [1.54, 1.807) is 0 Å². The molecule has 0 aliphatic carbocycles. The number of carbonyl (C=O) groups excluding carboxylic acids is 2. The molecule has 11 nitrogen and oxygen atoms in total. The van der Waals surface area contributed by atoms with Crippen LogP contribution in [0.25, 0.3) is 0 Å². The summed E-state index contributed by atoms with van der Waals surface area (Å²) in [5.41, 5.74) is 0. The predicted octanol–water partition coefficient (Wildman–Crippen LogP) is 15.2. The summed E-state index contributed by atoms with van der Waals surface area (Å²) in [7, 11) is 0. The first-order valence-corrected chi connectivity index (χ1v) is 26.3. The highest BCUT2D eigenvalue weighted by Crippen LogP contribution is 2.19. The lowest BCUT2D eigenvalue weighted by Crippen LogP contribution is -2.28. The minimum absolute atomic E-state index is 0.0140. The van der Waals surface area contributed by atoms with E-state index in [0.717, 1.165) is 77.5 Å². The Morgan fingerprint density at radius 1 is 0.645 bits per heavy atom. The lowest BCUT2D eigenvalue weighted by Gasteiger charge is -2.22. The van der Waals surface area contributed by atoms with Crippen LogP contribution in [0.3, 0.4) is 0 Å². The topological polar surface area (TPSA) is 140 Å². The number of aromatic nitrogens is 2. The van der Waals surface area contributed by atoms with Crippen molar-refractivity contribution in [2.24, 2.45) is 0 Å². The fraction of sp³-hybridized carbons (Fsp3) is 0.902. The number of nitrogens with one attached hydrogen (secondary N) is 2. The number of unbranched alkanes of at least 4 members (excludes halogenated alkanes) is 24. The Labute approximate surface area is 381 Å². The highest BCUT2D eigenvalue weighted by molar-refractivity contribution is 5.69. The third kappa shape index (κ3) is 38.9. The van der Waals surface area contributed by atoms with Crippen LogP contribution in [0.2, 0.25) is 0 Å². The van der Waals surface area contributed by atoms with Gasteiger partial charge in [-0.3, -0.25) is 9.59 Å². The van der Waals surface area contributed by atoms with Gasteiger partial charge in [-0.15, -0.1) is 5.10 Å². The van der Waals surface area contributed by atoms with E-state index in [2.05, 4.69) is 55.0 Å². The average Bonchev–Trinajstić information content (AvgIpc) is 3.76. The lowest BCUT2D eigenvalue weighted by molar-refractivity contribution is -0.389. The molecule has 0 amide bonds. The van der Waals surface area contributed by atoms with Crippen molar-refractivity contribution in [2.75, 3.05) is 31.5 Å². The van der Waals surface area contributed by atoms with Crippen LogP contribution < -0.4 is 5.32 Å². The van der Waals surface area contributed by atoms with Crippen LogP contribution in [0.5, 0.6) is 0 Å². The number of anilines is 1. The molecule has 0 aliphatic heterocycles. The van der Waals surface area contributed by atoms with Gasteiger partial charge in [0, 0.05) is 13.0 Å². The maximum atomic E-state index is 12.7. The fourth-order valence-electron chi connectivity index (χ4n) is 8.01. The van der Waals surface area contributed by atoms with E-state index in [-0.39, 0.29) is 24.0 Å². The smallest absolute Gasteiger partial charge is 0.344 e. The van der Waals surface area contributed by atoms with Gasteiger partial charge in [0.2, 0.25) is 0 Å². The van der Waals surface area contributed by atoms with Gasteiger partial charge in [-0.1, -0.05) is 187 Å². The molecule has 0 aliphatic rings. The van der Waals surface area contributed by atoms with Crippen LogP contribution in [0.1, 0.15) is 259 Å². The molecule has 62 heavy (non-hydrogen) atoms. The third-order valence-electron chi connectivity index (χ3n) is 12.0. The molecule has 1 aromatic rings. The number of aromatic amines is 1. The van der Waals surface area contributed by atoms with Gasteiger partial charge in [0.25, 0.3) is 6.47 Å². The first kappa shape index (κ1) is 59.3. The van der Waals surface area contributed by atoms with Crippen molar-refractivity contribution >= 4 is 24.1 Å². The molecule has 2 N–H and O–H groups in total. The molecular formula is C51H99N5O6. The van der Waals surface area contributed by atoms with Crippen molar-refractivity contribution in [3.63, 3.8) is 0 Å². The number of hydrogen-bond acceptors (Lipinski definition) is 9. The summed E-state index contributed by atoms with van der Waals surface area (Å²) >= 11 is 0. The van der Waals surface area contributed by atoms with Crippen LogP contribution in [0.4, 0.5) is 11.6 Å². The molecular weight excluding hydrogens is 779 g/mol. The van der Waals surface area contributed by atoms with Gasteiger partial charge >= 0.3 is 11.8 Å². The van der Waals surface area contributed by atoms with Crippen molar-refractivity contribution < 1.29 is 24.0 Å². The molecule has 1 atom stereocenters. The van der Waals surface area contributed by atoms with Crippen LogP contribution in [0.15, 0.2) is 6.07 Å². The fourth-order valence-corrected chi connectivity index (χ4v) is 8.01. The molecule has 0 saturated carbocycles. The standard InChI is InChI=1S/C39H75N5O4.C12H24O2/c1-4-7-10-13-17-22-28-36(29-23-18-14-11-8-5-2)48-39(45)30-24-19-16-21-26-33-43(32-25-20-15-12-9-6-3)34-27-31-40-37-35-38(42-41-37)44(46)47;1-3-5-6-7-8-9-10-12(4-2)14-11-13/h35-36H,4-34H2,1-3H3,(H2,40,41,42);11-12H,3-10H2,1-2H3. The number of hydrogen-bond donors (Lipinski definition) is 2. The molecule has 11 heteroatoms. The van der Waals surface area contributed by atoms with Gasteiger partial charge in [-0.25, -0.2) is 0 Å². The van der Waals surface area contributed by atoms with Gasteiger partial charge < -0.3 is 29.8 Å². The van der Waals surface area contributed by atoms with E-state index >= 15 is 0 Å². The van der Waals surface area contributed by atoms with E-state index < -0.39 is 4.92 Å². The first-order chi connectivity index (χ1) is 30.3. The van der Waals surface area contributed by atoms with Gasteiger partial charge in [0.05, 0.1) is 6.07 Å². The summed E-state index contributed by atoms with van der Waals surface area (Å²) in [6.45, 7) is 15.6. The van der Waals surface area contributed by atoms with E-state index in [1.807, 2.05) is 0 Å². The van der Waals surface area contributed by atoms with Crippen LogP contribution in [-0.4, -0.2) is 70.8 Å². The third-order valence-corrected chi connectivity index (χ3v) is 12.0. The Kier molecular flexibility index (Phi) is 44.3. The number of nitrogens with zero attached hydrogens (tertiary/aromatic N) is 3. The van der Waals surface area contributed by atoms with Crippen molar-refractivity contribution in [3.8, 4) is 0 Å². The monoisotopic (exact) mass is 878 g/mol. The molecule has 1 rings (SSSR count). The van der Waals surface area contributed by atoms with Crippen LogP contribution in [0, 0.1) is 10.1 Å². The predicted molar refractivity (Wildman–Crippen MR) is 261 cm³/mol. The SMILES string of the molecule is CCCCCCCCC(CC)OC=O.CCCCCCCCC(CCCCCCCC)OC(=O)CCCCCCCN(CCCCCCCC)CCCNc1cc([N+](=O)[O-])[nH]n1. The zero-order valence-electron chi connectivity index (χ0n) is 41.2. The van der Waals surface area contributed by atoms with E-state index in [4.69, 9.17) is 9.47 Å². The Morgan fingerprint density at radius 3 is 1.50 bits per heavy atom. The molecule has 0 saturated heterocycles. The zero-order valence-corrected chi connectivity index (χ0v) is 41.2. The Morgan fingerprint density at radius 2 is 1.06 bits per heavy atom. The van der Waals surface area contributed by atoms with E-state index in [1.165, 1.54) is 173 Å². The van der Waals surface area contributed by atoms with Gasteiger partial charge in [0.1, 0.15) is 12.2 Å². The van der Waals surface area contributed by atoms with Crippen molar-refractivity contribution in [3.05, 3.63) is 16.2 Å². The van der Waals surface area contributed by atoms with Gasteiger partial charge in [-0.2, -0.15) is 0 Å². The minimum atomic E-state index is -0.461. The molecule has 0 aromatic carbocycles. The highest BCUT2D eigenvalue weighted by Gasteiger charge is 2.15. The molecule has 0 radical (unpaired) electrons. The largest absolute Gasteiger partial charge is 0.465 e. The number of nitro groups is 1. The molecule has 0 bridgehead atoms. The minimum Gasteiger partial charge on any atom is -0.465 e. The number of carbonyl (C=O) groups is 2. The van der Waals surface area contributed by atoms with Crippen molar-refractivity contribution in [1.29, 1.82) is 0 Å². The summed E-state index contributed by atoms with van der Waals surface area (Å²) in [5, 5.41) is 20.5. The Bertz CT molecular complexity index is 1100. The molecule has 1 heterocycles. The Balaban J connectivity index is 0.00000226. The van der Waals surface area contributed by atoms with Crippen LogP contribution in [-0.2, 0) is 19.1 Å². The van der Waals surface area contributed by atoms with Crippen molar-refractivity contribution in [1.82, 2.24) is 15.1 Å². The molecule has 1 aromatic heterocycles. The second-order valence-electron chi connectivity index (χ2n) is 17.8. The molecule has 364 valence electrons. The van der Waals surface area contributed by atoms with Gasteiger partial charge in [0.15, 0.2) is 5.82 Å².